The van der Waals surface area contributed by atoms with Crippen molar-refractivity contribution in [2.45, 2.75) is 83.3 Å². The Bertz CT molecular complexity index is 890. The van der Waals surface area contributed by atoms with Gasteiger partial charge in [0, 0.05) is 49.7 Å². The van der Waals surface area contributed by atoms with Crippen molar-refractivity contribution in [3.05, 3.63) is 17.5 Å². The van der Waals surface area contributed by atoms with Crippen molar-refractivity contribution in [1.29, 1.82) is 0 Å². The second kappa shape index (κ2) is 9.79. The van der Waals surface area contributed by atoms with Crippen LogP contribution in [-0.4, -0.2) is 72.4 Å². The number of nitrogens with zero attached hydrogens (tertiary/aromatic N) is 3. The highest BCUT2D eigenvalue weighted by atomic mass is 32.2. The molecule has 1 aliphatic carbocycles. The lowest BCUT2D eigenvalue weighted by atomic mass is 10.0. The normalized spacial score (nSPS) is 26.5. The summed E-state index contributed by atoms with van der Waals surface area (Å²) in [5.74, 6) is 1.54. The number of carbonyl (C=O) groups is 1. The first-order valence-corrected chi connectivity index (χ1v) is 13.4. The Balaban J connectivity index is 1.27. The third kappa shape index (κ3) is 5.52. The van der Waals surface area contributed by atoms with Crippen molar-refractivity contribution in [2.24, 2.45) is 5.92 Å². The van der Waals surface area contributed by atoms with Crippen molar-refractivity contribution in [3.8, 4) is 0 Å². The Morgan fingerprint density at radius 2 is 1.84 bits per heavy atom. The van der Waals surface area contributed by atoms with Crippen LogP contribution < -0.4 is 10.6 Å². The summed E-state index contributed by atoms with van der Waals surface area (Å²) in [6.45, 7) is 8.76. The Hall–Kier alpha value is -1.49. The second-order valence-electron chi connectivity index (χ2n) is 10.0. The minimum Gasteiger partial charge on any atom is -0.360 e. The van der Waals surface area contributed by atoms with Crippen LogP contribution in [0.2, 0.25) is 0 Å². The fourth-order valence-electron chi connectivity index (χ4n) is 4.68. The predicted molar refractivity (Wildman–Crippen MR) is 121 cm³/mol. The summed E-state index contributed by atoms with van der Waals surface area (Å²) in [5, 5.41) is 10.5. The molecule has 2 aliphatic heterocycles. The minimum absolute atomic E-state index is 0.0732. The maximum atomic E-state index is 13.3. The summed E-state index contributed by atoms with van der Waals surface area (Å²) in [6.07, 6.45) is 5.04. The minimum atomic E-state index is -3.49. The van der Waals surface area contributed by atoms with Gasteiger partial charge in [-0.05, 0) is 57.9 Å². The van der Waals surface area contributed by atoms with Gasteiger partial charge in [0.1, 0.15) is 5.76 Å². The molecule has 32 heavy (non-hydrogen) atoms. The van der Waals surface area contributed by atoms with Gasteiger partial charge in [0.2, 0.25) is 0 Å². The largest absolute Gasteiger partial charge is 0.360 e. The molecule has 0 aromatic carbocycles. The van der Waals surface area contributed by atoms with Gasteiger partial charge < -0.3 is 15.2 Å². The van der Waals surface area contributed by atoms with E-state index in [1.54, 1.807) is 14.7 Å². The molecule has 1 saturated carbocycles. The van der Waals surface area contributed by atoms with Crippen LogP contribution >= 0.6 is 0 Å². The summed E-state index contributed by atoms with van der Waals surface area (Å²) in [6, 6.07) is 1.88. The molecule has 3 heterocycles. The number of piperidine rings is 2. The molecule has 1 aromatic rings. The van der Waals surface area contributed by atoms with Crippen molar-refractivity contribution < 1.29 is 17.7 Å². The Morgan fingerprint density at radius 3 is 2.47 bits per heavy atom. The van der Waals surface area contributed by atoms with Crippen LogP contribution in [0.15, 0.2) is 10.6 Å². The number of hydrogen-bond acceptors (Lipinski definition) is 6. The Morgan fingerprint density at radius 1 is 1.16 bits per heavy atom. The Kier molecular flexibility index (Phi) is 7.24. The maximum Gasteiger partial charge on any atom is 0.282 e. The fraction of sp³-hybridized carbons (Fsp3) is 0.818. The van der Waals surface area contributed by atoms with E-state index in [2.05, 4.69) is 29.6 Å². The highest BCUT2D eigenvalue weighted by molar-refractivity contribution is 7.86. The van der Waals surface area contributed by atoms with Crippen LogP contribution in [0.25, 0.3) is 0 Å². The molecule has 180 valence electrons. The summed E-state index contributed by atoms with van der Waals surface area (Å²) in [4.78, 5) is 12.5. The van der Waals surface area contributed by atoms with Gasteiger partial charge in [0.05, 0.1) is 0 Å². The molecular formula is C22H37N5O4S. The van der Waals surface area contributed by atoms with Gasteiger partial charge in [0.25, 0.3) is 16.1 Å². The van der Waals surface area contributed by atoms with Gasteiger partial charge >= 0.3 is 0 Å². The van der Waals surface area contributed by atoms with Gasteiger partial charge in [-0.1, -0.05) is 19.0 Å². The number of carbonyl (C=O) groups excluding carboxylic acids is 1. The zero-order chi connectivity index (χ0) is 22.9. The number of amides is 1. The number of nitrogens with one attached hydrogen (secondary N) is 2. The first-order chi connectivity index (χ1) is 15.2. The molecule has 1 amide bonds. The first-order valence-electron chi connectivity index (χ1n) is 12.0. The molecule has 1 aromatic heterocycles. The summed E-state index contributed by atoms with van der Waals surface area (Å²) in [7, 11) is -3.49. The van der Waals surface area contributed by atoms with E-state index in [9.17, 15) is 13.2 Å². The van der Waals surface area contributed by atoms with Crippen LogP contribution in [0, 0.1) is 5.92 Å². The summed E-state index contributed by atoms with van der Waals surface area (Å²) in [5.41, 5.74) is 0.309. The van der Waals surface area contributed by atoms with Crippen LogP contribution in [-0.2, 0) is 10.2 Å². The van der Waals surface area contributed by atoms with Crippen LogP contribution in [0.4, 0.5) is 0 Å². The van der Waals surface area contributed by atoms with Gasteiger partial charge in [-0.3, -0.25) is 4.79 Å². The molecule has 0 spiro atoms. The van der Waals surface area contributed by atoms with E-state index in [1.807, 2.05) is 6.92 Å². The van der Waals surface area contributed by atoms with E-state index in [4.69, 9.17) is 4.52 Å². The molecule has 0 radical (unpaired) electrons. The van der Waals surface area contributed by atoms with Crippen LogP contribution in [0.3, 0.4) is 0 Å². The maximum absolute atomic E-state index is 13.3. The average Bonchev–Trinajstić information content (AvgIpc) is 3.48. The van der Waals surface area contributed by atoms with E-state index < -0.39 is 10.2 Å². The molecule has 2 N–H and O–H groups in total. The lowest BCUT2D eigenvalue weighted by molar-refractivity contribution is 0.0903. The molecular weight excluding hydrogens is 430 g/mol. The second-order valence-corrected chi connectivity index (χ2v) is 11.9. The zero-order valence-electron chi connectivity index (χ0n) is 19.4. The summed E-state index contributed by atoms with van der Waals surface area (Å²) >= 11 is 0. The third-order valence-corrected chi connectivity index (χ3v) is 8.94. The lowest BCUT2D eigenvalue weighted by Gasteiger charge is -2.41. The van der Waals surface area contributed by atoms with E-state index in [1.165, 1.54) is 0 Å². The van der Waals surface area contributed by atoms with Gasteiger partial charge in [-0.2, -0.15) is 17.0 Å². The number of rotatable bonds is 8. The zero-order valence-corrected chi connectivity index (χ0v) is 20.2. The quantitative estimate of drug-likeness (QED) is 0.606. The molecule has 9 nitrogen and oxygen atoms in total. The molecule has 3 fully saturated rings. The van der Waals surface area contributed by atoms with Gasteiger partial charge in [-0.25, -0.2) is 0 Å². The molecule has 4 rings (SSSR count). The predicted octanol–water partition coefficient (Wildman–Crippen LogP) is 2.09. The molecule has 2 saturated heterocycles. The van der Waals surface area contributed by atoms with Gasteiger partial charge in [0.15, 0.2) is 5.69 Å². The highest BCUT2D eigenvalue weighted by Gasteiger charge is 2.39. The SMILES string of the molecule is CC(C)CNC1CCN(S(=O)(=O)N2CC[C@H](NC(=O)c3cc(C4CC4)on3)C[C@@H]2C)CC1. The fourth-order valence-corrected chi connectivity index (χ4v) is 6.53. The average molecular weight is 468 g/mol. The first kappa shape index (κ1) is 23.7. The molecule has 0 unspecified atom stereocenters. The van der Waals surface area contributed by atoms with E-state index in [0.29, 0.717) is 56.0 Å². The monoisotopic (exact) mass is 467 g/mol. The third-order valence-electron chi connectivity index (χ3n) is 6.78. The van der Waals surface area contributed by atoms with Crippen molar-refractivity contribution in [2.75, 3.05) is 26.2 Å². The number of hydrogen-bond donors (Lipinski definition) is 2. The smallest absolute Gasteiger partial charge is 0.282 e. The summed E-state index contributed by atoms with van der Waals surface area (Å²) < 4.78 is 35.1. The van der Waals surface area contributed by atoms with Gasteiger partial charge in [-0.15, -0.1) is 0 Å². The molecule has 3 aliphatic rings. The van der Waals surface area contributed by atoms with E-state index in [0.717, 1.165) is 38.0 Å². The Labute approximate surface area is 191 Å². The van der Waals surface area contributed by atoms with E-state index >= 15 is 0 Å². The van der Waals surface area contributed by atoms with Crippen LogP contribution in [0.1, 0.15) is 81.5 Å². The van der Waals surface area contributed by atoms with Crippen LogP contribution in [0.5, 0.6) is 0 Å². The topological polar surface area (TPSA) is 108 Å². The number of aromatic nitrogens is 1. The van der Waals surface area contributed by atoms with Crippen molar-refractivity contribution in [1.82, 2.24) is 24.4 Å². The molecule has 2 atom stereocenters. The van der Waals surface area contributed by atoms with Crippen molar-refractivity contribution in [3.63, 3.8) is 0 Å². The molecule has 10 heteroatoms. The highest BCUT2D eigenvalue weighted by Crippen LogP contribution is 2.40. The lowest BCUT2D eigenvalue weighted by Crippen LogP contribution is -2.56. The standard InChI is InChI=1S/C22H37N5O4S/c1-15(2)14-23-18-6-9-26(10-7-18)32(29,30)27-11-8-19(12-16(27)3)24-22(28)20-13-21(31-25-20)17-4-5-17/h13,15-19,23H,4-12,14H2,1-3H3,(H,24,28)/t16-,19-/m0/s1. The molecule has 0 bridgehead atoms. The van der Waals surface area contributed by atoms with Crippen molar-refractivity contribution >= 4 is 16.1 Å². The van der Waals surface area contributed by atoms with E-state index in [-0.39, 0.29) is 18.0 Å².